The maximum atomic E-state index is 3.45. The third-order valence-corrected chi connectivity index (χ3v) is 11.5. The number of benzene rings is 7. The third kappa shape index (κ3) is 24.8. The molecule has 8 rings (SSSR count). The van der Waals surface area contributed by atoms with Crippen LogP contribution in [0.5, 0.6) is 0 Å². The van der Waals surface area contributed by atoms with Gasteiger partial charge >= 0.3 is 0 Å². The molecule has 0 spiro atoms. The Morgan fingerprint density at radius 1 is 0.325 bits per heavy atom. The van der Waals surface area contributed by atoms with Crippen LogP contribution in [0.4, 0.5) is 0 Å². The third-order valence-electron chi connectivity index (χ3n) is 11.5. The molecule has 0 radical (unpaired) electrons. The summed E-state index contributed by atoms with van der Waals surface area (Å²) in [5.74, 6) is 0. The molecule has 0 heterocycles. The average molecular weight is 1010 g/mol. The topological polar surface area (TPSA) is 0 Å². The molecule has 0 unspecified atom stereocenters. The summed E-state index contributed by atoms with van der Waals surface area (Å²) >= 11 is 0. The molecular formula is C77H86. The lowest BCUT2D eigenvalue weighted by molar-refractivity contribution is 1.23. The Morgan fingerprint density at radius 2 is 0.675 bits per heavy atom. The summed E-state index contributed by atoms with van der Waals surface area (Å²) in [4.78, 5) is 0. The van der Waals surface area contributed by atoms with E-state index in [1.807, 2.05) is 68.4 Å². The van der Waals surface area contributed by atoms with E-state index in [0.29, 0.717) is 0 Å². The van der Waals surface area contributed by atoms with Gasteiger partial charge < -0.3 is 0 Å². The molecule has 0 nitrogen and oxygen atoms in total. The Labute approximate surface area is 467 Å². The van der Waals surface area contributed by atoms with Gasteiger partial charge in [0, 0.05) is 11.1 Å². The van der Waals surface area contributed by atoms with Gasteiger partial charge in [-0.2, -0.15) is 0 Å². The van der Waals surface area contributed by atoms with Crippen LogP contribution in [0.25, 0.3) is 28.4 Å². The first-order valence-electron chi connectivity index (χ1n) is 26.9. The fourth-order valence-electron chi connectivity index (χ4n) is 7.22. The minimum Gasteiger partial charge on any atom is -0.113 e. The second-order valence-corrected chi connectivity index (χ2v) is 20.6. The first kappa shape index (κ1) is 63.1. The van der Waals surface area contributed by atoms with E-state index < -0.39 is 0 Å². The van der Waals surface area contributed by atoms with Crippen molar-refractivity contribution >= 4 is 28.4 Å². The lowest BCUT2D eigenvalue weighted by atomic mass is 9.98. The van der Waals surface area contributed by atoms with Gasteiger partial charge in [-0.1, -0.05) is 269 Å². The molecule has 394 valence electrons. The molecule has 1 aliphatic rings. The number of hydrogen-bond donors (Lipinski definition) is 0. The van der Waals surface area contributed by atoms with Crippen molar-refractivity contribution in [2.75, 3.05) is 0 Å². The molecule has 0 fully saturated rings. The molecular weight excluding hydrogens is 925 g/mol. The van der Waals surface area contributed by atoms with Crippen LogP contribution in [0.1, 0.15) is 155 Å². The van der Waals surface area contributed by atoms with E-state index in [1.54, 1.807) is 0 Å². The Morgan fingerprint density at radius 3 is 1.01 bits per heavy atom. The van der Waals surface area contributed by atoms with Crippen LogP contribution in [-0.2, 0) is 0 Å². The lowest BCUT2D eigenvalue weighted by Gasteiger charge is -2.05. The highest BCUT2D eigenvalue weighted by Crippen LogP contribution is 2.40. The molecule has 0 saturated carbocycles. The highest BCUT2D eigenvalue weighted by molar-refractivity contribution is 6.01. The van der Waals surface area contributed by atoms with Crippen LogP contribution in [0.3, 0.4) is 0 Å². The number of rotatable bonds is 7. The summed E-state index contributed by atoms with van der Waals surface area (Å²) in [5, 5.41) is 0. The summed E-state index contributed by atoms with van der Waals surface area (Å²) in [7, 11) is 0. The maximum absolute atomic E-state index is 3.45. The Balaban J connectivity index is 0.000000253. The van der Waals surface area contributed by atoms with Crippen LogP contribution in [-0.4, -0.2) is 0 Å². The van der Waals surface area contributed by atoms with Crippen LogP contribution in [0.2, 0.25) is 0 Å². The molecule has 7 aromatic rings. The van der Waals surface area contributed by atoms with Gasteiger partial charge in [0.05, 0.1) is 0 Å². The molecule has 0 atom stereocenters. The zero-order valence-electron chi connectivity index (χ0n) is 49.4. The largest absolute Gasteiger partial charge is 0.113 e. The molecule has 0 saturated heterocycles. The van der Waals surface area contributed by atoms with E-state index in [0.717, 1.165) is 27.8 Å². The molecule has 7 aromatic carbocycles. The maximum Gasteiger partial charge on any atom is 0.0393 e. The van der Waals surface area contributed by atoms with Crippen LogP contribution < -0.4 is 0 Å². The quantitative estimate of drug-likeness (QED) is 0.0848. The summed E-state index contributed by atoms with van der Waals surface area (Å²) in [6.45, 7) is 33.6. The van der Waals surface area contributed by atoms with Gasteiger partial charge in [-0.05, 0) is 184 Å². The Bertz CT molecular complexity index is 3110. The standard InChI is InChI=1S/2C18H16.C17H16.C10H12.C8H14.C6H12/c1-13(2)17-12-18(14-8-4-3-5-9-14)16-11-7-6-10-15(16)17;1-15(2)13-14-18(16-9-5-3-6-10-16)17-11-7-4-8-12-17;1-14(2)13-17(15-9-5-3-6-10-15)16-11-7-4-8-12-16;1-9(2)8-10-6-4-3-5-7-10;1-7(2)5-6-8(3)4;1-5(2)6(3)4/h2*3-12H,1-2H3;3-12H,1-2H3;3-8H,1-2H3;5-6H,1-4H3;1-4H3. The van der Waals surface area contributed by atoms with E-state index in [9.17, 15) is 0 Å². The molecule has 1 aliphatic carbocycles. The predicted octanol–water partition coefficient (Wildman–Crippen LogP) is 22.8. The van der Waals surface area contributed by atoms with E-state index in [1.165, 1.54) is 83.5 Å². The molecule has 0 aromatic heterocycles. The average Bonchev–Trinajstić information content (AvgIpc) is 3.85. The van der Waals surface area contributed by atoms with Crippen molar-refractivity contribution in [3.63, 3.8) is 0 Å². The second-order valence-electron chi connectivity index (χ2n) is 20.6. The molecule has 0 heteroatoms. The Kier molecular flexibility index (Phi) is 28.8. The van der Waals surface area contributed by atoms with Crippen molar-refractivity contribution in [3.05, 3.63) is 331 Å². The van der Waals surface area contributed by atoms with Gasteiger partial charge in [0.25, 0.3) is 0 Å². The van der Waals surface area contributed by atoms with Crippen LogP contribution in [0.15, 0.2) is 286 Å². The lowest BCUT2D eigenvalue weighted by Crippen LogP contribution is -1.86. The minimum absolute atomic E-state index is 1.08. The van der Waals surface area contributed by atoms with Gasteiger partial charge in [0.1, 0.15) is 0 Å². The smallest absolute Gasteiger partial charge is 0.0393 e. The fourth-order valence-corrected chi connectivity index (χ4v) is 7.22. The highest BCUT2D eigenvalue weighted by Gasteiger charge is 2.19. The first-order chi connectivity index (χ1) is 36.9. The van der Waals surface area contributed by atoms with Gasteiger partial charge in [0.2, 0.25) is 0 Å². The van der Waals surface area contributed by atoms with E-state index in [2.05, 4.69) is 290 Å². The van der Waals surface area contributed by atoms with E-state index >= 15 is 0 Å². The first-order valence-corrected chi connectivity index (χ1v) is 26.9. The summed E-state index contributed by atoms with van der Waals surface area (Å²) in [6, 6.07) is 71.0. The van der Waals surface area contributed by atoms with Crippen molar-refractivity contribution < 1.29 is 0 Å². The molecule has 0 N–H and O–H groups in total. The molecule has 77 heavy (non-hydrogen) atoms. The monoisotopic (exact) mass is 1010 g/mol. The van der Waals surface area contributed by atoms with Crippen molar-refractivity contribution in [1.29, 1.82) is 0 Å². The minimum atomic E-state index is 1.08. The fraction of sp³-hybridized carbons (Fsp3) is 0.208. The normalized spacial score (nSPS) is 9.97. The van der Waals surface area contributed by atoms with Gasteiger partial charge in [-0.3, -0.25) is 0 Å². The van der Waals surface area contributed by atoms with Gasteiger partial charge in [0.15, 0.2) is 0 Å². The Hall–Kier alpha value is -8.20. The van der Waals surface area contributed by atoms with Crippen molar-refractivity contribution in [1.82, 2.24) is 0 Å². The number of hydrogen-bond acceptors (Lipinski definition) is 0. The SMILES string of the molecule is CC(C)=C(C)C.CC(C)=C1C=C(c2ccccc2)c2ccccc21.CC(C)=C=C(c1ccccc1)c1ccccc1.CC(C)=C=C=C(c1ccccc1)c1ccccc1.CC(C)=CC=C(C)C.CC(C)=Cc1ccccc1. The zero-order chi connectivity index (χ0) is 56.5. The highest BCUT2D eigenvalue weighted by atomic mass is 14.2. The van der Waals surface area contributed by atoms with Crippen molar-refractivity contribution in [3.8, 4) is 0 Å². The van der Waals surface area contributed by atoms with Gasteiger partial charge in [-0.15, -0.1) is 5.73 Å². The summed E-state index contributed by atoms with van der Waals surface area (Å²) in [6.07, 6.45) is 8.72. The van der Waals surface area contributed by atoms with E-state index in [4.69, 9.17) is 0 Å². The summed E-state index contributed by atoms with van der Waals surface area (Å²) in [5.41, 5.74) is 35.4. The van der Waals surface area contributed by atoms with Crippen LogP contribution >= 0.6 is 0 Å². The second kappa shape index (κ2) is 35.1. The van der Waals surface area contributed by atoms with Crippen molar-refractivity contribution in [2.24, 2.45) is 0 Å². The van der Waals surface area contributed by atoms with E-state index in [-0.39, 0.29) is 0 Å². The van der Waals surface area contributed by atoms with Crippen molar-refractivity contribution in [2.45, 2.75) is 111 Å². The van der Waals surface area contributed by atoms with Gasteiger partial charge in [-0.25, -0.2) is 0 Å². The molecule has 0 aliphatic heterocycles. The number of fused-ring (bicyclic) bond motifs is 1. The number of allylic oxidation sites excluding steroid dienone is 12. The summed E-state index contributed by atoms with van der Waals surface area (Å²) < 4.78 is 0. The molecule has 0 amide bonds. The zero-order valence-corrected chi connectivity index (χ0v) is 49.4. The molecule has 0 bridgehead atoms. The van der Waals surface area contributed by atoms with Crippen LogP contribution in [0, 0.1) is 0 Å². The predicted molar refractivity (Wildman–Crippen MR) is 344 cm³/mol.